The molecule has 2 aromatic rings. The highest BCUT2D eigenvalue weighted by atomic mass is 35.5. The molecular weight excluding hydrogens is 326 g/mol. The first-order valence-electron chi connectivity index (χ1n) is 6.36. The van der Waals surface area contributed by atoms with Gasteiger partial charge in [0.15, 0.2) is 5.16 Å². The molecule has 1 aromatic heterocycles. The third-order valence-electron chi connectivity index (χ3n) is 2.72. The second kappa shape index (κ2) is 7.28. The molecule has 9 heteroatoms. The van der Waals surface area contributed by atoms with Gasteiger partial charge in [-0.1, -0.05) is 29.4 Å². The van der Waals surface area contributed by atoms with E-state index in [1.165, 1.54) is 25.1 Å². The lowest BCUT2D eigenvalue weighted by Crippen LogP contribution is -2.41. The summed E-state index contributed by atoms with van der Waals surface area (Å²) in [6, 6.07) is 6.66. The summed E-state index contributed by atoms with van der Waals surface area (Å²) in [5.74, 6) is -0.412. The maximum atomic E-state index is 11.9. The number of benzene rings is 1. The van der Waals surface area contributed by atoms with Crippen molar-refractivity contribution in [2.75, 3.05) is 7.05 Å². The minimum atomic E-state index is -0.547. The van der Waals surface area contributed by atoms with Crippen LogP contribution in [0.3, 0.4) is 0 Å². The third-order valence-corrected chi connectivity index (χ3v) is 4.01. The molecule has 0 radical (unpaired) electrons. The molecule has 2 N–H and O–H groups in total. The molecule has 1 aromatic carbocycles. The van der Waals surface area contributed by atoms with Gasteiger partial charge in [-0.25, -0.2) is 4.79 Å². The highest BCUT2D eigenvalue weighted by Crippen LogP contribution is 2.25. The molecule has 0 fully saturated rings. The molecule has 0 saturated carbocycles. The zero-order valence-electron chi connectivity index (χ0n) is 11.9. The number of hydrogen-bond donors (Lipinski definition) is 2. The van der Waals surface area contributed by atoms with Gasteiger partial charge < -0.3 is 5.32 Å². The van der Waals surface area contributed by atoms with E-state index in [1.807, 2.05) is 12.1 Å². The molecule has 0 aliphatic carbocycles. The lowest BCUT2D eigenvalue weighted by molar-refractivity contribution is -0.119. The van der Waals surface area contributed by atoms with E-state index < -0.39 is 17.2 Å². The lowest BCUT2D eigenvalue weighted by atomic mass is 10.3. The van der Waals surface area contributed by atoms with Crippen molar-refractivity contribution in [1.29, 1.82) is 0 Å². The largest absolute Gasteiger partial charge is 0.341 e. The molecule has 116 valence electrons. The molecule has 2 rings (SSSR count). The van der Waals surface area contributed by atoms with E-state index in [9.17, 15) is 9.59 Å². The number of rotatable bonds is 4. The average Bonchev–Trinajstić information content (AvgIpc) is 2.95. The summed E-state index contributed by atoms with van der Waals surface area (Å²) in [7, 11) is 1.44. The number of amides is 3. The van der Waals surface area contributed by atoms with Gasteiger partial charge in [-0.2, -0.15) is 0 Å². The molecular formula is C13H14ClN5O2S. The molecule has 7 nitrogen and oxygen atoms in total. The lowest BCUT2D eigenvalue weighted by Gasteiger charge is -2.11. The number of carbonyl (C=O) groups is 2. The molecule has 0 aliphatic rings. The van der Waals surface area contributed by atoms with Gasteiger partial charge in [0.25, 0.3) is 0 Å². The average molecular weight is 340 g/mol. The first kappa shape index (κ1) is 16.3. The summed E-state index contributed by atoms with van der Waals surface area (Å²) >= 11 is 7.17. The molecule has 3 amide bonds. The molecule has 1 heterocycles. The van der Waals surface area contributed by atoms with E-state index in [1.54, 1.807) is 23.6 Å². The molecule has 1 atom stereocenters. The van der Waals surface area contributed by atoms with Gasteiger partial charge in [0.1, 0.15) is 6.33 Å². The van der Waals surface area contributed by atoms with Crippen LogP contribution in [0.15, 0.2) is 35.7 Å². The van der Waals surface area contributed by atoms with E-state index in [0.29, 0.717) is 10.2 Å². The van der Waals surface area contributed by atoms with Gasteiger partial charge in [0.2, 0.25) is 5.91 Å². The Balaban J connectivity index is 2.13. The monoisotopic (exact) mass is 339 g/mol. The molecule has 1 unspecified atom stereocenters. The first-order valence-corrected chi connectivity index (χ1v) is 7.62. The van der Waals surface area contributed by atoms with E-state index in [2.05, 4.69) is 20.8 Å². The van der Waals surface area contributed by atoms with Gasteiger partial charge >= 0.3 is 6.03 Å². The third kappa shape index (κ3) is 3.99. The smallest absolute Gasteiger partial charge is 0.321 e. The summed E-state index contributed by atoms with van der Waals surface area (Å²) in [5.41, 5.74) is 0.791. The first-order chi connectivity index (χ1) is 10.5. The Bertz CT molecular complexity index is 691. The fourth-order valence-corrected chi connectivity index (χ4v) is 2.62. The fourth-order valence-electron chi connectivity index (χ4n) is 1.60. The van der Waals surface area contributed by atoms with Crippen LogP contribution in [-0.4, -0.2) is 39.0 Å². The van der Waals surface area contributed by atoms with Crippen molar-refractivity contribution in [3.05, 3.63) is 35.6 Å². The topological polar surface area (TPSA) is 88.9 Å². The Labute approximate surface area is 136 Å². The number of nitrogens with one attached hydrogen (secondary N) is 2. The number of urea groups is 1. The van der Waals surface area contributed by atoms with Crippen molar-refractivity contribution in [2.45, 2.75) is 17.3 Å². The van der Waals surface area contributed by atoms with Crippen molar-refractivity contribution in [3.8, 4) is 5.69 Å². The van der Waals surface area contributed by atoms with Crippen LogP contribution < -0.4 is 10.6 Å². The van der Waals surface area contributed by atoms with E-state index >= 15 is 0 Å². The Morgan fingerprint density at radius 3 is 2.86 bits per heavy atom. The van der Waals surface area contributed by atoms with Crippen LogP contribution in [0.25, 0.3) is 5.69 Å². The number of carbonyl (C=O) groups excluding carboxylic acids is 2. The zero-order chi connectivity index (χ0) is 16.1. The highest BCUT2D eigenvalue weighted by Gasteiger charge is 2.19. The van der Waals surface area contributed by atoms with Gasteiger partial charge in [-0.3, -0.25) is 14.7 Å². The van der Waals surface area contributed by atoms with E-state index in [-0.39, 0.29) is 0 Å². The zero-order valence-corrected chi connectivity index (χ0v) is 13.5. The van der Waals surface area contributed by atoms with Crippen LogP contribution in [0.4, 0.5) is 4.79 Å². The Morgan fingerprint density at radius 1 is 1.41 bits per heavy atom. The molecule has 0 saturated heterocycles. The Hall–Kier alpha value is -2.06. The summed E-state index contributed by atoms with van der Waals surface area (Å²) in [6.45, 7) is 1.68. The van der Waals surface area contributed by atoms with Crippen molar-refractivity contribution < 1.29 is 9.59 Å². The number of hydrogen-bond acceptors (Lipinski definition) is 5. The maximum absolute atomic E-state index is 11.9. The summed E-state index contributed by atoms with van der Waals surface area (Å²) in [4.78, 5) is 23.0. The normalized spacial score (nSPS) is 11.8. The SMILES string of the molecule is CNC(=O)NC(=O)C(C)Sc1nncn1-c1cccc(Cl)c1. The van der Waals surface area contributed by atoms with Crippen molar-refractivity contribution in [3.63, 3.8) is 0 Å². The Kier molecular flexibility index (Phi) is 5.40. The number of halogens is 1. The number of nitrogens with zero attached hydrogens (tertiary/aromatic N) is 3. The van der Waals surface area contributed by atoms with Crippen molar-refractivity contribution >= 4 is 35.3 Å². The van der Waals surface area contributed by atoms with Gasteiger partial charge in [0, 0.05) is 12.1 Å². The van der Waals surface area contributed by atoms with Crippen molar-refractivity contribution in [1.82, 2.24) is 25.4 Å². The highest BCUT2D eigenvalue weighted by molar-refractivity contribution is 8.00. The predicted octanol–water partition coefficient (Wildman–Crippen LogP) is 1.86. The van der Waals surface area contributed by atoms with Gasteiger partial charge in [-0.05, 0) is 25.1 Å². The number of imide groups is 1. The summed E-state index contributed by atoms with van der Waals surface area (Å²) < 4.78 is 1.72. The predicted molar refractivity (Wildman–Crippen MR) is 84.3 cm³/mol. The van der Waals surface area contributed by atoms with Crippen LogP contribution in [-0.2, 0) is 4.79 Å². The van der Waals surface area contributed by atoms with E-state index in [4.69, 9.17) is 11.6 Å². The minimum absolute atomic E-state index is 0.412. The molecule has 0 aliphatic heterocycles. The summed E-state index contributed by atoms with van der Waals surface area (Å²) in [6.07, 6.45) is 1.54. The minimum Gasteiger partial charge on any atom is -0.341 e. The van der Waals surface area contributed by atoms with Gasteiger partial charge in [0.05, 0.1) is 10.9 Å². The van der Waals surface area contributed by atoms with Crippen LogP contribution in [0.5, 0.6) is 0 Å². The fraction of sp³-hybridized carbons (Fsp3) is 0.231. The molecule has 0 bridgehead atoms. The molecule has 0 spiro atoms. The quantitative estimate of drug-likeness (QED) is 0.830. The molecule has 22 heavy (non-hydrogen) atoms. The second-order valence-corrected chi connectivity index (χ2v) is 6.04. The number of thioether (sulfide) groups is 1. The van der Waals surface area contributed by atoms with Crippen LogP contribution in [0, 0.1) is 0 Å². The second-order valence-electron chi connectivity index (χ2n) is 4.29. The Morgan fingerprint density at radius 2 is 2.18 bits per heavy atom. The van der Waals surface area contributed by atoms with Gasteiger partial charge in [-0.15, -0.1) is 10.2 Å². The maximum Gasteiger partial charge on any atom is 0.321 e. The van der Waals surface area contributed by atoms with E-state index in [0.717, 1.165) is 5.69 Å². The van der Waals surface area contributed by atoms with Crippen LogP contribution in [0.1, 0.15) is 6.92 Å². The summed E-state index contributed by atoms with van der Waals surface area (Å²) in [5, 5.41) is 13.0. The van der Waals surface area contributed by atoms with Crippen molar-refractivity contribution in [2.24, 2.45) is 0 Å². The number of aromatic nitrogens is 3. The van der Waals surface area contributed by atoms with Crippen LogP contribution in [0.2, 0.25) is 5.02 Å². The standard InChI is InChI=1S/C13H14ClN5O2S/c1-8(11(20)17-12(21)15-2)22-13-18-16-7-19(13)10-5-3-4-9(14)6-10/h3-8H,1-2H3,(H2,15,17,20,21). The van der Waals surface area contributed by atoms with Crippen LogP contribution >= 0.6 is 23.4 Å².